The smallest absolute Gasteiger partial charge is 0.232 e. The third kappa shape index (κ3) is 3.49. The Hall–Kier alpha value is -1.59. The lowest BCUT2D eigenvalue weighted by atomic mass is 10.2. The molecule has 0 aromatic heterocycles. The fourth-order valence-electron chi connectivity index (χ4n) is 1.81. The molecule has 2 aromatic carbocycles. The van der Waals surface area contributed by atoms with Gasteiger partial charge in [-0.2, -0.15) is 0 Å². The predicted molar refractivity (Wildman–Crippen MR) is 78.9 cm³/mol. The van der Waals surface area contributed by atoms with Crippen LogP contribution in [0.15, 0.2) is 48.5 Å². The first-order valence-electron chi connectivity index (χ1n) is 5.84. The molecule has 0 radical (unpaired) electrons. The second-order valence-electron chi connectivity index (χ2n) is 4.34. The van der Waals surface area contributed by atoms with E-state index < -0.39 is 15.8 Å². The summed E-state index contributed by atoms with van der Waals surface area (Å²) in [5.41, 5.74) is 0.927. The minimum Gasteiger partial charge on any atom is -0.266 e. The van der Waals surface area contributed by atoms with Crippen LogP contribution in [0.2, 0.25) is 5.02 Å². The van der Waals surface area contributed by atoms with Crippen LogP contribution in [0.1, 0.15) is 5.56 Å². The SMILES string of the molecule is CS(=O)(=O)N(Cc1ccccc1Cl)c1cccc(F)c1. The number of nitrogens with zero attached hydrogens (tertiary/aromatic N) is 1. The summed E-state index contributed by atoms with van der Waals surface area (Å²) in [6.45, 7) is 0.0575. The molecule has 106 valence electrons. The monoisotopic (exact) mass is 313 g/mol. The number of rotatable bonds is 4. The topological polar surface area (TPSA) is 37.4 Å². The minimum atomic E-state index is -3.54. The Labute approximate surface area is 122 Å². The zero-order valence-corrected chi connectivity index (χ0v) is 12.3. The van der Waals surface area contributed by atoms with E-state index in [9.17, 15) is 12.8 Å². The van der Waals surface area contributed by atoms with Crippen molar-refractivity contribution in [2.75, 3.05) is 10.6 Å². The predicted octanol–water partition coefficient (Wildman–Crippen LogP) is 3.45. The van der Waals surface area contributed by atoms with Gasteiger partial charge in [-0.15, -0.1) is 0 Å². The van der Waals surface area contributed by atoms with Crippen molar-refractivity contribution >= 4 is 27.3 Å². The fourth-order valence-corrected chi connectivity index (χ4v) is 2.88. The molecule has 0 heterocycles. The molecule has 0 spiro atoms. The molecule has 2 rings (SSSR count). The van der Waals surface area contributed by atoms with Crippen LogP contribution >= 0.6 is 11.6 Å². The van der Waals surface area contributed by atoms with Crippen molar-refractivity contribution in [1.29, 1.82) is 0 Å². The first-order chi connectivity index (χ1) is 9.38. The molecule has 0 aliphatic rings. The van der Waals surface area contributed by atoms with Gasteiger partial charge < -0.3 is 0 Å². The summed E-state index contributed by atoms with van der Waals surface area (Å²) in [5.74, 6) is -0.490. The number of anilines is 1. The van der Waals surface area contributed by atoms with Gasteiger partial charge in [0.1, 0.15) is 5.82 Å². The van der Waals surface area contributed by atoms with Gasteiger partial charge >= 0.3 is 0 Å². The average molecular weight is 314 g/mol. The zero-order chi connectivity index (χ0) is 14.8. The van der Waals surface area contributed by atoms with Crippen molar-refractivity contribution in [3.8, 4) is 0 Å². The van der Waals surface area contributed by atoms with Crippen molar-refractivity contribution in [3.63, 3.8) is 0 Å². The van der Waals surface area contributed by atoms with Crippen LogP contribution in [-0.2, 0) is 16.6 Å². The molecule has 6 heteroatoms. The zero-order valence-electron chi connectivity index (χ0n) is 10.8. The maximum atomic E-state index is 13.3. The Bertz CT molecular complexity index is 719. The number of hydrogen-bond acceptors (Lipinski definition) is 2. The molecule has 3 nitrogen and oxygen atoms in total. The molecule has 0 bridgehead atoms. The Balaban J connectivity index is 2.43. The Morgan fingerprint density at radius 1 is 1.15 bits per heavy atom. The highest BCUT2D eigenvalue weighted by Crippen LogP contribution is 2.24. The standard InChI is InChI=1S/C14H13ClFNO2S/c1-20(18,19)17(13-7-4-6-12(16)9-13)10-11-5-2-3-8-14(11)15/h2-9H,10H2,1H3. The number of sulfonamides is 1. The molecule has 0 saturated carbocycles. The Kier molecular flexibility index (Phi) is 4.30. The minimum absolute atomic E-state index is 0.0575. The Morgan fingerprint density at radius 2 is 1.85 bits per heavy atom. The molecule has 0 saturated heterocycles. The van der Waals surface area contributed by atoms with Gasteiger partial charge in [0.15, 0.2) is 0 Å². The number of benzene rings is 2. The van der Waals surface area contributed by atoms with Crippen LogP contribution in [0.5, 0.6) is 0 Å². The van der Waals surface area contributed by atoms with Gasteiger partial charge in [-0.25, -0.2) is 12.8 Å². The van der Waals surface area contributed by atoms with E-state index in [0.717, 1.165) is 10.6 Å². The van der Waals surface area contributed by atoms with E-state index in [0.29, 0.717) is 10.6 Å². The van der Waals surface area contributed by atoms with Crippen LogP contribution in [-0.4, -0.2) is 14.7 Å². The van der Waals surface area contributed by atoms with Crippen molar-refractivity contribution < 1.29 is 12.8 Å². The summed E-state index contributed by atoms with van der Waals surface area (Å²) in [4.78, 5) is 0. The van der Waals surface area contributed by atoms with E-state index in [1.54, 1.807) is 30.3 Å². The third-order valence-corrected chi connectivity index (χ3v) is 4.28. The van der Waals surface area contributed by atoms with E-state index in [1.165, 1.54) is 18.2 Å². The second kappa shape index (κ2) is 5.81. The van der Waals surface area contributed by atoms with Crippen LogP contribution in [0.25, 0.3) is 0 Å². The molecule has 20 heavy (non-hydrogen) atoms. The molecular formula is C14H13ClFNO2S. The summed E-state index contributed by atoms with van der Waals surface area (Å²) < 4.78 is 38.2. The molecular weight excluding hydrogens is 301 g/mol. The normalized spacial score (nSPS) is 11.3. The van der Waals surface area contributed by atoms with E-state index >= 15 is 0 Å². The van der Waals surface area contributed by atoms with Gasteiger partial charge in [-0.1, -0.05) is 35.9 Å². The van der Waals surface area contributed by atoms with Gasteiger partial charge in [0.25, 0.3) is 0 Å². The molecule has 0 aliphatic heterocycles. The average Bonchev–Trinajstić information content (AvgIpc) is 2.36. The maximum absolute atomic E-state index is 13.3. The van der Waals surface area contributed by atoms with Gasteiger partial charge in [-0.05, 0) is 29.8 Å². The number of halogens is 2. The lowest BCUT2D eigenvalue weighted by molar-refractivity contribution is 0.595. The molecule has 0 aliphatic carbocycles. The van der Waals surface area contributed by atoms with Crippen molar-refractivity contribution in [1.82, 2.24) is 0 Å². The van der Waals surface area contributed by atoms with E-state index in [2.05, 4.69) is 0 Å². The molecule has 0 atom stereocenters. The first kappa shape index (κ1) is 14.8. The van der Waals surface area contributed by atoms with Crippen LogP contribution < -0.4 is 4.31 Å². The fraction of sp³-hybridized carbons (Fsp3) is 0.143. The highest BCUT2D eigenvalue weighted by Gasteiger charge is 2.19. The Morgan fingerprint density at radius 3 is 2.45 bits per heavy atom. The highest BCUT2D eigenvalue weighted by molar-refractivity contribution is 7.92. The molecule has 2 aromatic rings. The lowest BCUT2D eigenvalue weighted by Crippen LogP contribution is -2.29. The van der Waals surface area contributed by atoms with Crippen LogP contribution in [0.4, 0.5) is 10.1 Å². The second-order valence-corrected chi connectivity index (χ2v) is 6.65. The number of hydrogen-bond donors (Lipinski definition) is 0. The van der Waals surface area contributed by atoms with Crippen LogP contribution in [0.3, 0.4) is 0 Å². The van der Waals surface area contributed by atoms with Crippen LogP contribution in [0, 0.1) is 5.82 Å². The van der Waals surface area contributed by atoms with Gasteiger partial charge in [-0.3, -0.25) is 4.31 Å². The van der Waals surface area contributed by atoms with Crippen molar-refractivity contribution in [3.05, 3.63) is 64.9 Å². The quantitative estimate of drug-likeness (QED) is 0.867. The maximum Gasteiger partial charge on any atom is 0.232 e. The summed E-state index contributed by atoms with van der Waals surface area (Å²) in [7, 11) is -3.54. The lowest BCUT2D eigenvalue weighted by Gasteiger charge is -2.23. The molecule has 0 unspecified atom stereocenters. The van der Waals surface area contributed by atoms with Gasteiger partial charge in [0.2, 0.25) is 10.0 Å². The molecule has 0 amide bonds. The van der Waals surface area contributed by atoms with E-state index in [1.807, 2.05) is 0 Å². The van der Waals surface area contributed by atoms with E-state index in [4.69, 9.17) is 11.6 Å². The summed E-state index contributed by atoms with van der Waals surface area (Å²) >= 11 is 6.04. The summed E-state index contributed by atoms with van der Waals surface area (Å²) in [5, 5.41) is 0.470. The van der Waals surface area contributed by atoms with Crippen molar-refractivity contribution in [2.24, 2.45) is 0 Å². The molecule has 0 N–H and O–H groups in total. The molecule has 0 fully saturated rings. The third-order valence-electron chi connectivity index (χ3n) is 2.77. The largest absolute Gasteiger partial charge is 0.266 e. The highest BCUT2D eigenvalue weighted by atomic mass is 35.5. The van der Waals surface area contributed by atoms with Gasteiger partial charge in [0.05, 0.1) is 18.5 Å². The summed E-state index contributed by atoms with van der Waals surface area (Å²) in [6.07, 6.45) is 1.08. The summed E-state index contributed by atoms with van der Waals surface area (Å²) in [6, 6.07) is 12.4. The van der Waals surface area contributed by atoms with Gasteiger partial charge in [0, 0.05) is 5.02 Å². The van der Waals surface area contributed by atoms with Crippen molar-refractivity contribution in [2.45, 2.75) is 6.54 Å². The first-order valence-corrected chi connectivity index (χ1v) is 8.07. The van der Waals surface area contributed by atoms with E-state index in [-0.39, 0.29) is 12.2 Å².